The van der Waals surface area contributed by atoms with Crippen molar-refractivity contribution in [2.45, 2.75) is 10.1 Å². The average Bonchev–Trinajstić information content (AvgIpc) is 3.04. The Hall–Kier alpha value is -2.45. The molecule has 1 amide bonds. The van der Waals surface area contributed by atoms with Gasteiger partial charge in [0.15, 0.2) is 4.34 Å². The van der Waals surface area contributed by atoms with Gasteiger partial charge in [0.2, 0.25) is 5.13 Å². The summed E-state index contributed by atoms with van der Waals surface area (Å²) in [6.07, 6.45) is 1.55. The molecule has 0 aliphatic rings. The van der Waals surface area contributed by atoms with Gasteiger partial charge in [0.05, 0.1) is 0 Å². The molecule has 0 saturated heterocycles. The first kappa shape index (κ1) is 16.4. The maximum Gasteiger partial charge on any atom is 0.257 e. The zero-order chi connectivity index (χ0) is 16.9. The molecule has 8 heteroatoms. The quantitative estimate of drug-likeness (QED) is 0.561. The van der Waals surface area contributed by atoms with E-state index in [4.69, 9.17) is 0 Å². The Morgan fingerprint density at radius 1 is 1.25 bits per heavy atom. The van der Waals surface area contributed by atoms with Crippen LogP contribution in [-0.4, -0.2) is 20.7 Å². The highest BCUT2D eigenvalue weighted by Crippen LogP contribution is 2.28. The first-order chi connectivity index (χ1) is 11.6. The molecule has 3 rings (SSSR count). The van der Waals surface area contributed by atoms with Crippen LogP contribution >= 0.6 is 23.1 Å². The molecule has 2 aromatic heterocycles. The zero-order valence-corrected chi connectivity index (χ0v) is 14.4. The Labute approximate surface area is 146 Å². The summed E-state index contributed by atoms with van der Waals surface area (Å²) in [4.78, 5) is 23.7. The van der Waals surface area contributed by atoms with E-state index in [-0.39, 0.29) is 11.5 Å². The van der Waals surface area contributed by atoms with Gasteiger partial charge in [-0.25, -0.2) is 0 Å². The van der Waals surface area contributed by atoms with Crippen molar-refractivity contribution in [2.24, 2.45) is 7.05 Å². The standard InChI is InChI=1S/C16H14N4O2S2/c1-20-8-7-12(9-13(20)21)14(22)17-15-18-19-16(24-15)23-10-11-5-3-2-4-6-11/h2-9H,10H2,1H3,(H,17,18,22). The summed E-state index contributed by atoms with van der Waals surface area (Å²) in [5.74, 6) is 0.418. The molecule has 0 aliphatic carbocycles. The zero-order valence-electron chi connectivity index (χ0n) is 12.8. The van der Waals surface area contributed by atoms with Crippen LogP contribution in [0, 0.1) is 0 Å². The number of nitrogens with one attached hydrogen (secondary N) is 1. The van der Waals surface area contributed by atoms with Crippen LogP contribution in [-0.2, 0) is 12.8 Å². The molecular formula is C16H14N4O2S2. The molecule has 3 aromatic rings. The first-order valence-corrected chi connectivity index (χ1v) is 8.90. The second-order valence-corrected chi connectivity index (χ2v) is 7.17. The van der Waals surface area contributed by atoms with Gasteiger partial charge in [-0.3, -0.25) is 14.9 Å². The molecule has 1 aromatic carbocycles. The summed E-state index contributed by atoms with van der Waals surface area (Å²) in [5, 5.41) is 11.1. The monoisotopic (exact) mass is 358 g/mol. The van der Waals surface area contributed by atoms with Gasteiger partial charge < -0.3 is 4.57 Å². The van der Waals surface area contributed by atoms with Gasteiger partial charge in [0.25, 0.3) is 11.5 Å². The van der Waals surface area contributed by atoms with Crippen molar-refractivity contribution in [2.75, 3.05) is 5.32 Å². The van der Waals surface area contributed by atoms with Crippen molar-refractivity contribution in [1.82, 2.24) is 14.8 Å². The topological polar surface area (TPSA) is 76.9 Å². The lowest BCUT2D eigenvalue weighted by atomic mass is 10.2. The minimum absolute atomic E-state index is 0.237. The maximum absolute atomic E-state index is 12.1. The van der Waals surface area contributed by atoms with E-state index in [0.717, 1.165) is 10.1 Å². The molecule has 24 heavy (non-hydrogen) atoms. The molecule has 0 radical (unpaired) electrons. The van der Waals surface area contributed by atoms with Crippen LogP contribution in [0.2, 0.25) is 0 Å². The van der Waals surface area contributed by atoms with Gasteiger partial charge in [-0.2, -0.15) is 0 Å². The van der Waals surface area contributed by atoms with Crippen molar-refractivity contribution in [3.05, 3.63) is 70.1 Å². The van der Waals surface area contributed by atoms with Crippen molar-refractivity contribution in [3.63, 3.8) is 0 Å². The predicted octanol–water partition coefficient (Wildman–Crippen LogP) is 2.78. The number of carbonyl (C=O) groups is 1. The fourth-order valence-corrected chi connectivity index (χ4v) is 3.60. The Morgan fingerprint density at radius 2 is 2.04 bits per heavy atom. The number of pyridine rings is 1. The lowest BCUT2D eigenvalue weighted by Gasteiger charge is -2.02. The van der Waals surface area contributed by atoms with Gasteiger partial charge in [-0.1, -0.05) is 53.4 Å². The van der Waals surface area contributed by atoms with Crippen molar-refractivity contribution >= 4 is 34.1 Å². The number of aryl methyl sites for hydroxylation is 1. The maximum atomic E-state index is 12.1. The van der Waals surface area contributed by atoms with Gasteiger partial charge in [-0.05, 0) is 11.6 Å². The third-order valence-corrected chi connectivity index (χ3v) is 5.24. The van der Waals surface area contributed by atoms with E-state index < -0.39 is 0 Å². The largest absolute Gasteiger partial charge is 0.319 e. The van der Waals surface area contributed by atoms with E-state index in [1.54, 1.807) is 31.1 Å². The van der Waals surface area contributed by atoms with Gasteiger partial charge in [0, 0.05) is 30.6 Å². The number of nitrogens with zero attached hydrogens (tertiary/aromatic N) is 3. The Kier molecular flexibility index (Phi) is 5.07. The molecule has 0 saturated carbocycles. The van der Waals surface area contributed by atoms with Gasteiger partial charge in [0.1, 0.15) is 0 Å². The van der Waals surface area contributed by atoms with Crippen molar-refractivity contribution in [1.29, 1.82) is 0 Å². The fraction of sp³-hybridized carbons (Fsp3) is 0.125. The lowest BCUT2D eigenvalue weighted by Crippen LogP contribution is -2.19. The lowest BCUT2D eigenvalue weighted by molar-refractivity contribution is 0.102. The molecule has 122 valence electrons. The summed E-state index contributed by atoms with van der Waals surface area (Å²) < 4.78 is 2.18. The highest BCUT2D eigenvalue weighted by Gasteiger charge is 2.11. The van der Waals surface area contributed by atoms with E-state index in [1.165, 1.54) is 27.5 Å². The van der Waals surface area contributed by atoms with Crippen LogP contribution in [0.3, 0.4) is 0 Å². The highest BCUT2D eigenvalue weighted by atomic mass is 32.2. The number of hydrogen-bond donors (Lipinski definition) is 1. The SMILES string of the molecule is Cn1ccc(C(=O)Nc2nnc(SCc3ccccc3)s2)cc1=O. The van der Waals surface area contributed by atoms with Crippen LogP contribution in [0.5, 0.6) is 0 Å². The second-order valence-electron chi connectivity index (χ2n) is 4.97. The average molecular weight is 358 g/mol. The third kappa shape index (κ3) is 4.09. The van der Waals surface area contributed by atoms with Crippen LogP contribution in [0.15, 0.2) is 57.8 Å². The highest BCUT2D eigenvalue weighted by molar-refractivity contribution is 8.00. The number of benzene rings is 1. The van der Waals surface area contributed by atoms with Crippen LogP contribution in [0.1, 0.15) is 15.9 Å². The summed E-state index contributed by atoms with van der Waals surface area (Å²) >= 11 is 2.87. The number of carbonyl (C=O) groups excluding carboxylic acids is 1. The fourth-order valence-electron chi connectivity index (χ4n) is 1.90. The molecule has 0 unspecified atom stereocenters. The Bertz CT molecular complexity index is 906. The summed E-state index contributed by atoms with van der Waals surface area (Å²) in [7, 11) is 1.63. The number of amides is 1. The van der Waals surface area contributed by atoms with Crippen LogP contribution < -0.4 is 10.9 Å². The van der Waals surface area contributed by atoms with E-state index in [0.29, 0.717) is 10.7 Å². The number of aromatic nitrogens is 3. The normalized spacial score (nSPS) is 10.5. The van der Waals surface area contributed by atoms with E-state index in [2.05, 4.69) is 15.5 Å². The second kappa shape index (κ2) is 7.41. The van der Waals surface area contributed by atoms with E-state index in [1.807, 2.05) is 30.3 Å². The minimum atomic E-state index is -0.372. The summed E-state index contributed by atoms with van der Waals surface area (Å²) in [6.45, 7) is 0. The summed E-state index contributed by atoms with van der Waals surface area (Å²) in [6, 6.07) is 12.9. The molecular weight excluding hydrogens is 344 g/mol. The van der Waals surface area contributed by atoms with Crippen LogP contribution in [0.4, 0.5) is 5.13 Å². The Morgan fingerprint density at radius 3 is 2.79 bits per heavy atom. The van der Waals surface area contributed by atoms with Gasteiger partial charge in [-0.15, -0.1) is 10.2 Å². The molecule has 0 spiro atoms. The molecule has 0 aliphatic heterocycles. The molecule has 0 bridgehead atoms. The predicted molar refractivity (Wildman–Crippen MR) is 95.5 cm³/mol. The number of rotatable bonds is 5. The smallest absolute Gasteiger partial charge is 0.257 e. The third-order valence-electron chi connectivity index (χ3n) is 3.20. The molecule has 1 N–H and O–H groups in total. The number of hydrogen-bond acceptors (Lipinski definition) is 6. The summed E-state index contributed by atoms with van der Waals surface area (Å²) in [5.41, 5.74) is 1.26. The van der Waals surface area contributed by atoms with E-state index >= 15 is 0 Å². The molecule has 0 fully saturated rings. The van der Waals surface area contributed by atoms with Crippen molar-refractivity contribution in [3.8, 4) is 0 Å². The van der Waals surface area contributed by atoms with Crippen molar-refractivity contribution < 1.29 is 4.79 Å². The van der Waals surface area contributed by atoms with Crippen LogP contribution in [0.25, 0.3) is 0 Å². The molecule has 0 atom stereocenters. The Balaban J connectivity index is 1.62. The minimum Gasteiger partial charge on any atom is -0.319 e. The molecule has 6 nitrogen and oxygen atoms in total. The number of thioether (sulfide) groups is 1. The number of anilines is 1. The first-order valence-electron chi connectivity index (χ1n) is 7.10. The van der Waals surface area contributed by atoms with Gasteiger partial charge >= 0.3 is 0 Å². The van der Waals surface area contributed by atoms with E-state index in [9.17, 15) is 9.59 Å². The molecule has 2 heterocycles.